The zero-order valence-electron chi connectivity index (χ0n) is 9.30. The first-order valence-electron chi connectivity index (χ1n) is 5.44. The highest BCUT2D eigenvalue weighted by atomic mass is 16.1. The Morgan fingerprint density at radius 3 is 2.59 bits per heavy atom. The van der Waals surface area contributed by atoms with Crippen molar-refractivity contribution in [3.8, 4) is 0 Å². The maximum Gasteiger partial charge on any atom is 0.150 e. The Bertz CT molecular complexity index is 582. The predicted molar refractivity (Wildman–Crippen MR) is 69.1 cm³/mol. The summed E-state index contributed by atoms with van der Waals surface area (Å²) < 4.78 is 0. The summed E-state index contributed by atoms with van der Waals surface area (Å²) in [5.74, 6) is 0. The molecule has 2 aromatic carbocycles. The van der Waals surface area contributed by atoms with Crippen LogP contribution in [0.3, 0.4) is 0 Å². The van der Waals surface area contributed by atoms with E-state index in [1.54, 1.807) is 12.1 Å². The van der Waals surface area contributed by atoms with Gasteiger partial charge in [-0.15, -0.1) is 0 Å². The molecule has 0 heterocycles. The third-order valence-corrected chi connectivity index (χ3v) is 2.65. The normalized spacial score (nSPS) is 10.8. The Kier molecular flexibility index (Phi) is 3.46. The molecule has 0 aliphatic rings. The highest BCUT2D eigenvalue weighted by Crippen LogP contribution is 2.23. The largest absolute Gasteiger partial charge is 0.303 e. The Labute approximate surface area is 99.6 Å². The van der Waals surface area contributed by atoms with Crippen molar-refractivity contribution in [3.05, 3.63) is 53.6 Å². The summed E-state index contributed by atoms with van der Waals surface area (Å²) >= 11 is 0. The molecule has 0 atom stereocenters. The van der Waals surface area contributed by atoms with Crippen LogP contribution in [0.25, 0.3) is 16.8 Å². The van der Waals surface area contributed by atoms with E-state index in [1.165, 1.54) is 0 Å². The molecule has 0 radical (unpaired) electrons. The van der Waals surface area contributed by atoms with E-state index in [2.05, 4.69) is 0 Å². The number of fused-ring (bicyclic) bond motifs is 1. The van der Waals surface area contributed by atoms with Gasteiger partial charge in [0, 0.05) is 12.0 Å². The van der Waals surface area contributed by atoms with Gasteiger partial charge in [0.1, 0.15) is 6.29 Å². The molecule has 2 aromatic rings. The van der Waals surface area contributed by atoms with Gasteiger partial charge < -0.3 is 4.79 Å². The van der Waals surface area contributed by atoms with E-state index in [4.69, 9.17) is 0 Å². The number of benzene rings is 2. The van der Waals surface area contributed by atoms with Crippen molar-refractivity contribution in [1.29, 1.82) is 0 Å². The van der Waals surface area contributed by atoms with Crippen LogP contribution in [0, 0.1) is 0 Å². The van der Waals surface area contributed by atoms with E-state index in [0.29, 0.717) is 12.0 Å². The Morgan fingerprint density at radius 2 is 1.82 bits per heavy atom. The second-order valence-corrected chi connectivity index (χ2v) is 3.71. The minimum Gasteiger partial charge on any atom is -0.303 e. The van der Waals surface area contributed by atoms with Crippen LogP contribution in [0.2, 0.25) is 0 Å². The van der Waals surface area contributed by atoms with Crippen LogP contribution in [0.15, 0.2) is 42.5 Å². The van der Waals surface area contributed by atoms with E-state index < -0.39 is 0 Å². The van der Waals surface area contributed by atoms with Gasteiger partial charge in [-0.3, -0.25) is 4.79 Å². The first kappa shape index (κ1) is 11.3. The van der Waals surface area contributed by atoms with E-state index in [9.17, 15) is 9.59 Å². The lowest BCUT2D eigenvalue weighted by molar-refractivity contribution is -0.107. The van der Waals surface area contributed by atoms with Gasteiger partial charge >= 0.3 is 0 Å². The van der Waals surface area contributed by atoms with Gasteiger partial charge in [-0.1, -0.05) is 48.6 Å². The molecule has 2 rings (SSSR count). The molecule has 0 saturated heterocycles. The first-order chi connectivity index (χ1) is 8.36. The monoisotopic (exact) mass is 224 g/mol. The quantitative estimate of drug-likeness (QED) is 0.747. The van der Waals surface area contributed by atoms with E-state index in [0.717, 1.165) is 28.9 Å². The lowest BCUT2D eigenvalue weighted by Crippen LogP contribution is -1.88. The minimum absolute atomic E-state index is 0.363. The van der Waals surface area contributed by atoms with Crippen LogP contribution in [0.4, 0.5) is 0 Å². The van der Waals surface area contributed by atoms with Crippen molar-refractivity contribution in [2.24, 2.45) is 0 Å². The number of aldehydes is 2. The first-order valence-corrected chi connectivity index (χ1v) is 5.44. The molecule has 0 bridgehead atoms. The van der Waals surface area contributed by atoms with Crippen LogP contribution >= 0.6 is 0 Å². The molecular weight excluding hydrogens is 212 g/mol. The third kappa shape index (κ3) is 2.31. The molecular formula is C15H12O2. The van der Waals surface area contributed by atoms with E-state index in [-0.39, 0.29) is 0 Å². The van der Waals surface area contributed by atoms with Crippen LogP contribution < -0.4 is 0 Å². The van der Waals surface area contributed by atoms with Gasteiger partial charge in [-0.05, 0) is 16.3 Å². The highest BCUT2D eigenvalue weighted by molar-refractivity contribution is 5.98. The molecule has 17 heavy (non-hydrogen) atoms. The fraction of sp³-hybridized carbons (Fsp3) is 0.0667. The number of hydrogen-bond donors (Lipinski definition) is 0. The van der Waals surface area contributed by atoms with Gasteiger partial charge in [0.25, 0.3) is 0 Å². The smallest absolute Gasteiger partial charge is 0.150 e. The lowest BCUT2D eigenvalue weighted by atomic mass is 9.99. The average Bonchev–Trinajstić information content (AvgIpc) is 2.39. The summed E-state index contributed by atoms with van der Waals surface area (Å²) in [5.41, 5.74) is 1.52. The average molecular weight is 224 g/mol. The van der Waals surface area contributed by atoms with Gasteiger partial charge in [-0.25, -0.2) is 0 Å². The summed E-state index contributed by atoms with van der Waals surface area (Å²) in [5, 5.41) is 2.11. The van der Waals surface area contributed by atoms with Crippen LogP contribution in [-0.4, -0.2) is 12.6 Å². The van der Waals surface area contributed by atoms with Crippen LogP contribution in [0.5, 0.6) is 0 Å². The fourth-order valence-electron chi connectivity index (χ4n) is 1.84. The Balaban J connectivity index is 2.62. The van der Waals surface area contributed by atoms with Gasteiger partial charge in [0.2, 0.25) is 0 Å². The molecule has 0 saturated carbocycles. The molecule has 0 N–H and O–H groups in total. The summed E-state index contributed by atoms with van der Waals surface area (Å²) in [4.78, 5) is 21.3. The zero-order chi connectivity index (χ0) is 12.1. The molecule has 0 fully saturated rings. The number of hydrogen-bond acceptors (Lipinski definition) is 2. The number of rotatable bonds is 4. The molecule has 84 valence electrons. The standard InChI is InChI=1S/C15H12O2/c16-10-4-3-7-15-13(11-17)9-8-12-5-1-2-6-14(12)15/h1-3,5-11H,4H2. The molecule has 0 spiro atoms. The molecule has 2 heteroatoms. The second-order valence-electron chi connectivity index (χ2n) is 3.71. The number of carbonyl (C=O) groups excluding carboxylic acids is 2. The zero-order valence-corrected chi connectivity index (χ0v) is 9.30. The number of allylic oxidation sites excluding steroid dienone is 1. The molecule has 0 amide bonds. The molecule has 0 unspecified atom stereocenters. The maximum atomic E-state index is 11.0. The van der Waals surface area contributed by atoms with Crippen LogP contribution in [0.1, 0.15) is 22.3 Å². The SMILES string of the molecule is O=CCC=Cc1c(C=O)ccc2ccccc12. The molecule has 0 aliphatic heterocycles. The third-order valence-electron chi connectivity index (χ3n) is 2.65. The van der Waals surface area contributed by atoms with Crippen molar-refractivity contribution in [3.63, 3.8) is 0 Å². The van der Waals surface area contributed by atoms with E-state index >= 15 is 0 Å². The second kappa shape index (κ2) is 5.21. The molecule has 0 aromatic heterocycles. The topological polar surface area (TPSA) is 34.1 Å². The fourth-order valence-corrected chi connectivity index (χ4v) is 1.84. The van der Waals surface area contributed by atoms with Gasteiger partial charge in [0.05, 0.1) is 0 Å². The summed E-state index contributed by atoms with van der Waals surface area (Å²) in [6.45, 7) is 0. The van der Waals surface area contributed by atoms with Gasteiger partial charge in [0.15, 0.2) is 6.29 Å². The molecule has 2 nitrogen and oxygen atoms in total. The van der Waals surface area contributed by atoms with Gasteiger partial charge in [-0.2, -0.15) is 0 Å². The summed E-state index contributed by atoms with van der Waals surface area (Å²) in [7, 11) is 0. The number of carbonyl (C=O) groups is 2. The van der Waals surface area contributed by atoms with Crippen molar-refractivity contribution >= 4 is 29.4 Å². The van der Waals surface area contributed by atoms with Crippen molar-refractivity contribution in [1.82, 2.24) is 0 Å². The minimum atomic E-state index is 0.363. The predicted octanol–water partition coefficient (Wildman–Crippen LogP) is 3.25. The van der Waals surface area contributed by atoms with Crippen molar-refractivity contribution in [2.45, 2.75) is 6.42 Å². The maximum absolute atomic E-state index is 11.0. The Morgan fingerprint density at radius 1 is 1.00 bits per heavy atom. The Hall–Kier alpha value is -2.22. The lowest BCUT2D eigenvalue weighted by Gasteiger charge is -2.05. The van der Waals surface area contributed by atoms with E-state index in [1.807, 2.05) is 36.4 Å². The summed E-state index contributed by atoms with van der Waals surface area (Å²) in [6.07, 6.45) is 5.64. The van der Waals surface area contributed by atoms with Crippen molar-refractivity contribution in [2.75, 3.05) is 0 Å². The van der Waals surface area contributed by atoms with Crippen molar-refractivity contribution < 1.29 is 9.59 Å². The highest BCUT2D eigenvalue weighted by Gasteiger charge is 2.03. The molecule has 0 aliphatic carbocycles. The summed E-state index contributed by atoms with van der Waals surface area (Å²) in [6, 6.07) is 11.6. The van der Waals surface area contributed by atoms with Crippen LogP contribution in [-0.2, 0) is 4.79 Å².